The van der Waals surface area contributed by atoms with Gasteiger partial charge in [0, 0.05) is 0 Å². The lowest BCUT2D eigenvalue weighted by Crippen LogP contribution is -2.33. The highest BCUT2D eigenvalue weighted by Crippen LogP contribution is 2.42. The van der Waals surface area contributed by atoms with Gasteiger partial charge in [0.2, 0.25) is 0 Å². The van der Waals surface area contributed by atoms with Gasteiger partial charge in [-0.1, -0.05) is 60.2 Å². The smallest absolute Gasteiger partial charge is 0.121 e. The summed E-state index contributed by atoms with van der Waals surface area (Å²) in [6.45, 7) is 14.3. The van der Waals surface area contributed by atoms with Gasteiger partial charge in [-0.3, -0.25) is 0 Å². The van der Waals surface area contributed by atoms with Gasteiger partial charge < -0.3 is 0 Å². The van der Waals surface area contributed by atoms with Crippen LogP contribution in [-0.4, -0.2) is 21.5 Å². The van der Waals surface area contributed by atoms with E-state index in [2.05, 4.69) is 78.0 Å². The highest BCUT2D eigenvalue weighted by molar-refractivity contribution is 7.18. The maximum atomic E-state index is 3.61. The summed E-state index contributed by atoms with van der Waals surface area (Å²) in [5.74, 6) is 2.18. The van der Waals surface area contributed by atoms with Crippen molar-refractivity contribution in [1.29, 1.82) is 0 Å². The molecule has 0 aromatic carbocycles. The molecule has 22 heavy (non-hydrogen) atoms. The molecule has 0 rings (SSSR count). The zero-order chi connectivity index (χ0) is 17.4. The summed E-state index contributed by atoms with van der Waals surface area (Å²) in [6, 6.07) is 0. The van der Waals surface area contributed by atoms with Gasteiger partial charge in [-0.15, -0.1) is 20.3 Å². The molecule has 0 nitrogen and oxygen atoms in total. The van der Waals surface area contributed by atoms with Crippen LogP contribution in [0, 0.1) is 16.2 Å². The summed E-state index contributed by atoms with van der Waals surface area (Å²) in [4.78, 5) is 0. The Morgan fingerprint density at radius 1 is 0.864 bits per heavy atom. The van der Waals surface area contributed by atoms with Crippen molar-refractivity contribution in [3.05, 3.63) is 11.4 Å². The van der Waals surface area contributed by atoms with Crippen LogP contribution in [0.3, 0.4) is 0 Å². The van der Waals surface area contributed by atoms with Gasteiger partial charge in [0.05, 0.1) is 0 Å². The number of hydrogen-bond acceptors (Lipinski definition) is 0. The van der Waals surface area contributed by atoms with E-state index in [1.165, 1.54) is 50.3 Å². The highest BCUT2D eigenvalue weighted by Gasteiger charge is 2.33. The van der Waals surface area contributed by atoms with Crippen LogP contribution in [0.5, 0.6) is 0 Å². The second-order valence-corrected chi connectivity index (χ2v) is 9.58. The Morgan fingerprint density at radius 2 is 1.36 bits per heavy atom. The summed E-state index contributed by atoms with van der Waals surface area (Å²) in [7, 11) is 8.00. The number of rotatable bonds is 11. The van der Waals surface area contributed by atoms with E-state index in [1.807, 2.05) is 0 Å². The molecule has 0 aliphatic rings. The van der Waals surface area contributed by atoms with Crippen LogP contribution < -0.4 is 0 Å². The molecule has 0 saturated heterocycles. The third kappa shape index (κ3) is 8.61. The maximum absolute atomic E-state index is 3.61. The van der Waals surface area contributed by atoms with Crippen LogP contribution in [-0.2, 0) is 0 Å². The molecule has 0 spiro atoms. The summed E-state index contributed by atoms with van der Waals surface area (Å²) in [5, 5.41) is 1.45. The minimum absolute atomic E-state index is 0.240. The SMILES string of the molecule is BC(B)=CCCCC(C)(C)CCCCC(C)(C)C(C)(C)C=P. The van der Waals surface area contributed by atoms with Gasteiger partial charge in [-0.05, 0) is 48.3 Å². The van der Waals surface area contributed by atoms with Crippen LogP contribution >= 0.6 is 8.86 Å². The highest BCUT2D eigenvalue weighted by atomic mass is 31.0. The lowest BCUT2D eigenvalue weighted by Gasteiger charge is -2.39. The van der Waals surface area contributed by atoms with E-state index in [-0.39, 0.29) is 5.41 Å². The zero-order valence-electron chi connectivity index (χ0n) is 16.6. The minimum atomic E-state index is 0.240. The average molecular weight is 320 g/mol. The molecule has 0 N–H and O–H groups in total. The first-order chi connectivity index (χ1) is 9.93. The van der Waals surface area contributed by atoms with E-state index in [1.54, 1.807) is 0 Å². The first kappa shape index (κ1) is 22.0. The first-order valence-corrected chi connectivity index (χ1v) is 9.66. The third-order valence-corrected chi connectivity index (χ3v) is 6.34. The Labute approximate surface area is 145 Å². The fourth-order valence-electron chi connectivity index (χ4n) is 2.78. The molecular weight excluding hydrogens is 281 g/mol. The lowest BCUT2D eigenvalue weighted by atomic mass is 9.66. The van der Waals surface area contributed by atoms with Crippen molar-refractivity contribution in [3.8, 4) is 0 Å². The fourth-order valence-corrected chi connectivity index (χ4v) is 3.18. The molecule has 0 amide bonds. The second kappa shape index (κ2) is 9.36. The molecule has 0 saturated carbocycles. The van der Waals surface area contributed by atoms with Crippen molar-refractivity contribution < 1.29 is 0 Å². The summed E-state index contributed by atoms with van der Waals surface area (Å²) in [5.41, 5.74) is 1.09. The van der Waals surface area contributed by atoms with Gasteiger partial charge in [0.1, 0.15) is 15.7 Å². The predicted molar refractivity (Wildman–Crippen MR) is 113 cm³/mol. The minimum Gasteiger partial charge on any atom is -0.149 e. The van der Waals surface area contributed by atoms with Crippen LogP contribution in [0.1, 0.15) is 86.5 Å². The standard InChI is InChI=1S/C19H39B2P/c1-17(2,12-8-7-11-16(20)21)13-9-10-14-18(3,4)19(5,6)15-22/h11,15,22H,7-10,12-14,20-21H2,1-6H3. The monoisotopic (exact) mass is 320 g/mol. The number of hydrogen-bond donors (Lipinski definition) is 0. The van der Waals surface area contributed by atoms with E-state index in [9.17, 15) is 0 Å². The van der Waals surface area contributed by atoms with Gasteiger partial charge in [-0.25, -0.2) is 0 Å². The van der Waals surface area contributed by atoms with Crippen LogP contribution in [0.4, 0.5) is 0 Å². The van der Waals surface area contributed by atoms with Crippen molar-refractivity contribution in [3.63, 3.8) is 0 Å². The molecule has 0 aliphatic carbocycles. The van der Waals surface area contributed by atoms with E-state index >= 15 is 0 Å². The van der Waals surface area contributed by atoms with E-state index in [0.29, 0.717) is 10.8 Å². The molecule has 0 heterocycles. The molecule has 0 aliphatic heterocycles. The molecule has 0 atom stereocenters. The Hall–Kier alpha value is 0.0399. The third-order valence-electron chi connectivity index (χ3n) is 5.62. The summed E-state index contributed by atoms with van der Waals surface area (Å²) < 4.78 is 0. The topological polar surface area (TPSA) is 0 Å². The number of allylic oxidation sites excluding steroid dienone is 1. The predicted octanol–water partition coefficient (Wildman–Crippen LogP) is 4.85. The molecule has 126 valence electrons. The molecule has 0 aromatic heterocycles. The molecule has 0 radical (unpaired) electrons. The molecule has 0 fully saturated rings. The van der Waals surface area contributed by atoms with Crippen molar-refractivity contribution >= 4 is 30.4 Å². The molecule has 0 aromatic rings. The Kier molecular flexibility index (Phi) is 9.38. The van der Waals surface area contributed by atoms with Crippen molar-refractivity contribution in [2.45, 2.75) is 86.5 Å². The van der Waals surface area contributed by atoms with Gasteiger partial charge in [0.25, 0.3) is 0 Å². The van der Waals surface area contributed by atoms with E-state index in [4.69, 9.17) is 0 Å². The van der Waals surface area contributed by atoms with Crippen molar-refractivity contribution in [1.82, 2.24) is 0 Å². The molecule has 0 unspecified atom stereocenters. The number of unbranched alkanes of at least 4 members (excludes halogenated alkanes) is 2. The molecule has 3 heteroatoms. The van der Waals surface area contributed by atoms with Crippen LogP contribution in [0.15, 0.2) is 11.4 Å². The summed E-state index contributed by atoms with van der Waals surface area (Å²) in [6.07, 6.45) is 11.6. The molecule has 0 bridgehead atoms. The van der Waals surface area contributed by atoms with Gasteiger partial charge >= 0.3 is 0 Å². The Morgan fingerprint density at radius 3 is 1.86 bits per heavy atom. The molecular formula is C19H39B2P. The Bertz CT molecular complexity index is 364. The van der Waals surface area contributed by atoms with E-state index < -0.39 is 0 Å². The first-order valence-electron chi connectivity index (χ1n) is 9.08. The van der Waals surface area contributed by atoms with Crippen molar-refractivity contribution in [2.75, 3.05) is 0 Å². The quantitative estimate of drug-likeness (QED) is 0.290. The lowest BCUT2D eigenvalue weighted by molar-refractivity contribution is 0.168. The zero-order valence-corrected chi connectivity index (χ0v) is 17.6. The van der Waals surface area contributed by atoms with Crippen LogP contribution in [0.25, 0.3) is 0 Å². The normalized spacial score (nSPS) is 13.0. The fraction of sp³-hybridized carbons (Fsp3) is 0.842. The largest absolute Gasteiger partial charge is 0.149 e. The van der Waals surface area contributed by atoms with Crippen molar-refractivity contribution in [2.24, 2.45) is 16.2 Å². The summed E-state index contributed by atoms with van der Waals surface area (Å²) >= 11 is 0. The second-order valence-electron chi connectivity index (χ2n) is 9.29. The maximum Gasteiger partial charge on any atom is 0.121 e. The van der Waals surface area contributed by atoms with Crippen LogP contribution in [0.2, 0.25) is 0 Å². The van der Waals surface area contributed by atoms with E-state index in [0.717, 1.165) is 0 Å². The van der Waals surface area contributed by atoms with Gasteiger partial charge in [0.15, 0.2) is 0 Å². The van der Waals surface area contributed by atoms with Gasteiger partial charge in [-0.2, -0.15) is 0 Å². The average Bonchev–Trinajstić information content (AvgIpc) is 2.39. The Balaban J connectivity index is 4.08.